The Bertz CT molecular complexity index is 552. The summed E-state index contributed by atoms with van der Waals surface area (Å²) in [5, 5.41) is 5.90. The lowest BCUT2D eigenvalue weighted by Crippen LogP contribution is -2.30. The zero-order chi connectivity index (χ0) is 14.4. The van der Waals surface area contributed by atoms with E-state index in [1.165, 1.54) is 0 Å². The van der Waals surface area contributed by atoms with Gasteiger partial charge in [-0.1, -0.05) is 12.1 Å². The number of amides is 1. The Balaban J connectivity index is 1.86. The van der Waals surface area contributed by atoms with Crippen molar-refractivity contribution in [3.8, 4) is 5.75 Å². The number of carbonyl (C=O) groups excluding carboxylic acids is 1. The van der Waals surface area contributed by atoms with Gasteiger partial charge in [-0.2, -0.15) is 0 Å². The van der Waals surface area contributed by atoms with Crippen molar-refractivity contribution < 1.29 is 13.9 Å². The van der Waals surface area contributed by atoms with Crippen LogP contribution in [0.5, 0.6) is 5.75 Å². The molecule has 1 aromatic carbocycles. The number of hydrogen-bond acceptors (Lipinski definition) is 4. The first-order valence-electron chi connectivity index (χ1n) is 6.40. The molecule has 5 heteroatoms. The minimum Gasteiger partial charge on any atom is -0.495 e. The van der Waals surface area contributed by atoms with Gasteiger partial charge in [-0.05, 0) is 31.2 Å². The number of para-hydroxylation sites is 2. The molecule has 2 N–H and O–H groups in total. The van der Waals surface area contributed by atoms with Crippen molar-refractivity contribution in [2.24, 2.45) is 0 Å². The Morgan fingerprint density at radius 2 is 2.10 bits per heavy atom. The van der Waals surface area contributed by atoms with E-state index in [0.29, 0.717) is 11.4 Å². The molecule has 0 spiro atoms. The summed E-state index contributed by atoms with van der Waals surface area (Å²) in [6.07, 6.45) is 1.61. The zero-order valence-corrected chi connectivity index (χ0v) is 11.6. The standard InChI is InChI=1S/C15H18N2O3/c1-11(13-8-5-9-20-13)16-10-15(18)17-12-6-3-4-7-14(12)19-2/h3-9,11,16H,10H2,1-2H3,(H,17,18)/t11-/m0/s1. The van der Waals surface area contributed by atoms with Gasteiger partial charge in [0.15, 0.2) is 0 Å². The van der Waals surface area contributed by atoms with Crippen molar-refractivity contribution in [2.75, 3.05) is 19.0 Å². The number of hydrogen-bond donors (Lipinski definition) is 2. The number of benzene rings is 1. The largest absolute Gasteiger partial charge is 0.495 e. The fourth-order valence-corrected chi connectivity index (χ4v) is 1.83. The second kappa shape index (κ2) is 6.77. The number of carbonyl (C=O) groups is 1. The Morgan fingerprint density at radius 3 is 2.80 bits per heavy atom. The third-order valence-corrected chi connectivity index (χ3v) is 2.92. The second-order valence-corrected chi connectivity index (χ2v) is 4.37. The Morgan fingerprint density at radius 1 is 1.30 bits per heavy atom. The SMILES string of the molecule is COc1ccccc1NC(=O)CN[C@@H](C)c1ccco1. The van der Waals surface area contributed by atoms with Crippen molar-refractivity contribution in [3.05, 3.63) is 48.4 Å². The maximum Gasteiger partial charge on any atom is 0.238 e. The first-order valence-corrected chi connectivity index (χ1v) is 6.40. The first-order chi connectivity index (χ1) is 9.70. The molecule has 1 amide bonds. The van der Waals surface area contributed by atoms with E-state index in [0.717, 1.165) is 5.76 Å². The third-order valence-electron chi connectivity index (χ3n) is 2.92. The van der Waals surface area contributed by atoms with Crippen LogP contribution >= 0.6 is 0 Å². The minimum atomic E-state index is -0.132. The van der Waals surface area contributed by atoms with E-state index in [1.807, 2.05) is 31.2 Å². The lowest BCUT2D eigenvalue weighted by molar-refractivity contribution is -0.115. The monoisotopic (exact) mass is 274 g/mol. The van der Waals surface area contributed by atoms with Crippen LogP contribution in [0, 0.1) is 0 Å². The van der Waals surface area contributed by atoms with Gasteiger partial charge in [0, 0.05) is 0 Å². The van der Waals surface area contributed by atoms with Crippen LogP contribution < -0.4 is 15.4 Å². The molecule has 5 nitrogen and oxygen atoms in total. The van der Waals surface area contributed by atoms with Crippen molar-refractivity contribution in [1.29, 1.82) is 0 Å². The number of methoxy groups -OCH3 is 1. The third kappa shape index (κ3) is 3.61. The normalized spacial score (nSPS) is 11.9. The summed E-state index contributed by atoms with van der Waals surface area (Å²) in [6, 6.07) is 11.0. The molecular weight excluding hydrogens is 256 g/mol. The highest BCUT2D eigenvalue weighted by molar-refractivity contribution is 5.93. The molecule has 2 rings (SSSR count). The van der Waals surface area contributed by atoms with Crippen LogP contribution in [0.4, 0.5) is 5.69 Å². The summed E-state index contributed by atoms with van der Waals surface area (Å²) >= 11 is 0. The van der Waals surface area contributed by atoms with Gasteiger partial charge in [-0.3, -0.25) is 10.1 Å². The summed E-state index contributed by atoms with van der Waals surface area (Å²) < 4.78 is 10.4. The number of nitrogens with one attached hydrogen (secondary N) is 2. The molecule has 20 heavy (non-hydrogen) atoms. The van der Waals surface area contributed by atoms with E-state index in [9.17, 15) is 4.79 Å². The predicted octanol–water partition coefficient (Wildman–Crippen LogP) is 2.58. The molecule has 0 aliphatic carbocycles. The molecule has 0 aliphatic heterocycles. The fraction of sp³-hybridized carbons (Fsp3) is 0.267. The van der Waals surface area contributed by atoms with Crippen LogP contribution in [0.2, 0.25) is 0 Å². The van der Waals surface area contributed by atoms with Crippen LogP contribution in [0.15, 0.2) is 47.1 Å². The van der Waals surface area contributed by atoms with Crippen LogP contribution in [0.3, 0.4) is 0 Å². The maximum absolute atomic E-state index is 11.9. The van der Waals surface area contributed by atoms with Crippen molar-refractivity contribution in [3.63, 3.8) is 0 Å². The lowest BCUT2D eigenvalue weighted by atomic mass is 10.2. The summed E-state index contributed by atoms with van der Waals surface area (Å²) in [6.45, 7) is 2.13. The van der Waals surface area contributed by atoms with E-state index in [1.54, 1.807) is 25.5 Å². The molecule has 106 valence electrons. The number of ether oxygens (including phenoxy) is 1. The van der Waals surface area contributed by atoms with Crippen molar-refractivity contribution >= 4 is 11.6 Å². The molecule has 1 atom stereocenters. The second-order valence-electron chi connectivity index (χ2n) is 4.37. The van der Waals surface area contributed by atoms with Crippen molar-refractivity contribution in [1.82, 2.24) is 5.32 Å². The quantitative estimate of drug-likeness (QED) is 0.849. The van der Waals surface area contributed by atoms with Crippen molar-refractivity contribution in [2.45, 2.75) is 13.0 Å². The summed E-state index contributed by atoms with van der Waals surface area (Å²) in [4.78, 5) is 11.9. The van der Waals surface area contributed by atoms with Gasteiger partial charge in [0.25, 0.3) is 0 Å². The van der Waals surface area contributed by atoms with Gasteiger partial charge in [0.1, 0.15) is 11.5 Å². The van der Waals surface area contributed by atoms with E-state index in [2.05, 4.69) is 10.6 Å². The molecule has 1 heterocycles. The smallest absolute Gasteiger partial charge is 0.238 e. The molecule has 1 aromatic heterocycles. The molecule has 0 bridgehead atoms. The average molecular weight is 274 g/mol. The topological polar surface area (TPSA) is 63.5 Å². The van der Waals surface area contributed by atoms with E-state index in [-0.39, 0.29) is 18.5 Å². The van der Waals surface area contributed by atoms with Gasteiger partial charge in [0.2, 0.25) is 5.91 Å². The van der Waals surface area contributed by atoms with Gasteiger partial charge in [-0.15, -0.1) is 0 Å². The zero-order valence-electron chi connectivity index (χ0n) is 11.6. The molecule has 0 saturated heterocycles. The van der Waals surface area contributed by atoms with E-state index >= 15 is 0 Å². The van der Waals surface area contributed by atoms with Gasteiger partial charge < -0.3 is 14.5 Å². The maximum atomic E-state index is 11.9. The molecule has 0 saturated carbocycles. The Labute approximate surface area is 117 Å². The van der Waals surface area contributed by atoms with Crippen LogP contribution in [0.1, 0.15) is 18.7 Å². The first kappa shape index (κ1) is 14.1. The highest BCUT2D eigenvalue weighted by atomic mass is 16.5. The highest BCUT2D eigenvalue weighted by Crippen LogP contribution is 2.22. The minimum absolute atomic E-state index is 0.0200. The lowest BCUT2D eigenvalue weighted by Gasteiger charge is -2.13. The Hall–Kier alpha value is -2.27. The van der Waals surface area contributed by atoms with Crippen LogP contribution in [-0.2, 0) is 4.79 Å². The molecule has 0 unspecified atom stereocenters. The highest BCUT2D eigenvalue weighted by Gasteiger charge is 2.11. The number of furan rings is 1. The molecule has 0 aliphatic rings. The summed E-state index contributed by atoms with van der Waals surface area (Å²) in [5.41, 5.74) is 0.660. The summed E-state index contributed by atoms with van der Waals surface area (Å²) in [7, 11) is 1.57. The molecule has 0 radical (unpaired) electrons. The van der Waals surface area contributed by atoms with Gasteiger partial charge >= 0.3 is 0 Å². The van der Waals surface area contributed by atoms with E-state index in [4.69, 9.17) is 9.15 Å². The van der Waals surface area contributed by atoms with Gasteiger partial charge in [-0.25, -0.2) is 0 Å². The number of anilines is 1. The van der Waals surface area contributed by atoms with E-state index < -0.39 is 0 Å². The molecule has 2 aromatic rings. The number of rotatable bonds is 6. The van der Waals surface area contributed by atoms with Crippen LogP contribution in [-0.4, -0.2) is 19.6 Å². The fourth-order valence-electron chi connectivity index (χ4n) is 1.83. The average Bonchev–Trinajstić information content (AvgIpc) is 2.99. The predicted molar refractivity (Wildman–Crippen MR) is 76.7 cm³/mol. The molecular formula is C15H18N2O3. The summed E-state index contributed by atoms with van der Waals surface area (Å²) in [5.74, 6) is 1.31. The Kier molecular flexibility index (Phi) is 4.79. The van der Waals surface area contributed by atoms with Gasteiger partial charge in [0.05, 0.1) is 31.6 Å². The molecule has 0 fully saturated rings. The van der Waals surface area contributed by atoms with Crippen LogP contribution in [0.25, 0.3) is 0 Å².